The molecule has 0 aliphatic carbocycles. The molecular weight excluding hydrogens is 374 g/mol. The van der Waals surface area contributed by atoms with E-state index in [4.69, 9.17) is 0 Å². The topological polar surface area (TPSA) is 57.9 Å². The lowest BCUT2D eigenvalue weighted by atomic mass is 10.1. The number of hydrogen-bond donors (Lipinski definition) is 0. The van der Waals surface area contributed by atoms with E-state index in [9.17, 15) is 18.4 Å². The fourth-order valence-electron chi connectivity index (χ4n) is 3.14. The number of hydrogen-bond acceptors (Lipinski definition) is 5. The molecule has 4 rings (SSSR count). The lowest BCUT2D eigenvalue weighted by Gasteiger charge is -2.34. The Bertz CT molecular complexity index is 1060. The zero-order chi connectivity index (χ0) is 19.0. The Morgan fingerprint density at radius 1 is 1.15 bits per heavy atom. The average Bonchev–Trinajstić information content (AvgIpc) is 3.11. The van der Waals surface area contributed by atoms with Gasteiger partial charge in [0.1, 0.15) is 11.6 Å². The van der Waals surface area contributed by atoms with Crippen LogP contribution in [0.2, 0.25) is 0 Å². The van der Waals surface area contributed by atoms with E-state index in [1.165, 1.54) is 27.9 Å². The molecule has 0 spiro atoms. The number of piperazine rings is 1. The molecule has 0 atom stereocenters. The minimum absolute atomic E-state index is 0.114. The number of carbonyl (C=O) groups is 1. The van der Waals surface area contributed by atoms with Gasteiger partial charge >= 0.3 is 0 Å². The normalized spacial score (nSPS) is 15.4. The van der Waals surface area contributed by atoms with Crippen molar-refractivity contribution in [2.45, 2.75) is 6.54 Å². The highest BCUT2D eigenvalue weighted by atomic mass is 32.1. The second-order valence-electron chi connectivity index (χ2n) is 6.33. The van der Waals surface area contributed by atoms with Gasteiger partial charge in [0, 0.05) is 56.4 Å². The third-order valence-corrected chi connectivity index (χ3v) is 5.32. The summed E-state index contributed by atoms with van der Waals surface area (Å²) < 4.78 is 28.3. The lowest BCUT2D eigenvalue weighted by molar-refractivity contribution is 0.0622. The molecule has 0 unspecified atom stereocenters. The zero-order valence-electron chi connectivity index (χ0n) is 14.3. The molecule has 1 fully saturated rings. The Balaban J connectivity index is 1.41. The molecule has 0 saturated carbocycles. The van der Waals surface area contributed by atoms with Crippen LogP contribution in [0.5, 0.6) is 0 Å². The van der Waals surface area contributed by atoms with Crippen LogP contribution < -0.4 is 5.56 Å². The van der Waals surface area contributed by atoms with Crippen molar-refractivity contribution in [2.75, 3.05) is 26.2 Å². The second-order valence-corrected chi connectivity index (χ2v) is 7.21. The molecular formula is C18H16F2N4O2S. The summed E-state index contributed by atoms with van der Waals surface area (Å²) in [6.45, 7) is 2.53. The maximum Gasteiger partial charge on any atom is 0.258 e. The number of halogens is 2. The fourth-order valence-corrected chi connectivity index (χ4v) is 3.88. The minimum atomic E-state index is -0.851. The fraction of sp³-hybridized carbons (Fsp3) is 0.278. The average molecular weight is 390 g/mol. The molecule has 3 heterocycles. The van der Waals surface area contributed by atoms with E-state index in [1.54, 1.807) is 11.1 Å². The highest BCUT2D eigenvalue weighted by Crippen LogP contribution is 2.15. The van der Waals surface area contributed by atoms with Crippen molar-refractivity contribution < 1.29 is 13.6 Å². The van der Waals surface area contributed by atoms with Crippen molar-refractivity contribution in [3.8, 4) is 0 Å². The van der Waals surface area contributed by atoms with Gasteiger partial charge in [-0.2, -0.15) is 0 Å². The van der Waals surface area contributed by atoms with Crippen LogP contribution in [0.1, 0.15) is 16.1 Å². The van der Waals surface area contributed by atoms with Crippen LogP contribution in [0.15, 0.2) is 40.6 Å². The SMILES string of the molecule is O=C(c1ccc(F)cc1F)N1CCN(Cc2cc(=O)n3ccsc3n2)CC1. The number of carbonyl (C=O) groups excluding carboxylic acids is 1. The van der Waals surface area contributed by atoms with Gasteiger partial charge in [0.2, 0.25) is 0 Å². The predicted molar refractivity (Wildman–Crippen MR) is 96.9 cm³/mol. The number of aromatic nitrogens is 2. The largest absolute Gasteiger partial charge is 0.336 e. The molecule has 27 heavy (non-hydrogen) atoms. The summed E-state index contributed by atoms with van der Waals surface area (Å²) in [7, 11) is 0. The van der Waals surface area contributed by atoms with Crippen molar-refractivity contribution in [2.24, 2.45) is 0 Å². The zero-order valence-corrected chi connectivity index (χ0v) is 15.1. The van der Waals surface area contributed by atoms with Crippen molar-refractivity contribution in [1.82, 2.24) is 19.2 Å². The van der Waals surface area contributed by atoms with E-state index in [0.29, 0.717) is 49.4 Å². The molecule has 0 radical (unpaired) electrons. The summed E-state index contributed by atoms with van der Waals surface area (Å²) >= 11 is 1.40. The number of benzene rings is 1. The maximum absolute atomic E-state index is 13.8. The Kier molecular flexibility index (Phi) is 4.71. The van der Waals surface area contributed by atoms with Gasteiger partial charge in [0.25, 0.3) is 11.5 Å². The smallest absolute Gasteiger partial charge is 0.258 e. The van der Waals surface area contributed by atoms with E-state index in [1.807, 2.05) is 5.38 Å². The third kappa shape index (κ3) is 3.60. The first-order valence-corrected chi connectivity index (χ1v) is 9.32. The van der Waals surface area contributed by atoms with E-state index in [2.05, 4.69) is 9.88 Å². The second kappa shape index (κ2) is 7.16. The molecule has 0 bridgehead atoms. The van der Waals surface area contributed by atoms with Crippen LogP contribution in [-0.4, -0.2) is 51.3 Å². The number of fused-ring (bicyclic) bond motifs is 1. The van der Waals surface area contributed by atoms with Gasteiger partial charge in [-0.05, 0) is 12.1 Å². The summed E-state index contributed by atoms with van der Waals surface area (Å²) in [5, 5.41) is 1.81. The highest BCUT2D eigenvalue weighted by Gasteiger charge is 2.24. The summed E-state index contributed by atoms with van der Waals surface area (Å²) in [6, 6.07) is 4.49. The molecule has 6 nitrogen and oxygen atoms in total. The Morgan fingerprint density at radius 3 is 2.67 bits per heavy atom. The summed E-state index contributed by atoms with van der Waals surface area (Å²) in [5.74, 6) is -2.00. The van der Waals surface area contributed by atoms with E-state index >= 15 is 0 Å². The predicted octanol–water partition coefficient (Wildman–Crippen LogP) is 1.99. The lowest BCUT2D eigenvalue weighted by Crippen LogP contribution is -2.48. The van der Waals surface area contributed by atoms with Crippen LogP contribution in [-0.2, 0) is 6.54 Å². The van der Waals surface area contributed by atoms with Crippen LogP contribution in [0.25, 0.3) is 4.96 Å². The number of rotatable bonds is 3. The van der Waals surface area contributed by atoms with Gasteiger partial charge in [0.15, 0.2) is 4.96 Å². The van der Waals surface area contributed by atoms with E-state index < -0.39 is 17.5 Å². The molecule has 1 saturated heterocycles. The number of amides is 1. The summed E-state index contributed by atoms with van der Waals surface area (Å²) in [6.07, 6.45) is 1.69. The molecule has 0 N–H and O–H groups in total. The van der Waals surface area contributed by atoms with Crippen molar-refractivity contribution in [1.29, 1.82) is 0 Å². The number of thiazole rings is 1. The maximum atomic E-state index is 13.8. The number of nitrogens with zero attached hydrogens (tertiary/aromatic N) is 4. The Labute approximate surface area is 157 Å². The van der Waals surface area contributed by atoms with Gasteiger partial charge in [-0.25, -0.2) is 13.8 Å². The molecule has 1 aromatic carbocycles. The highest BCUT2D eigenvalue weighted by molar-refractivity contribution is 7.15. The molecule has 3 aromatic rings. The summed E-state index contributed by atoms with van der Waals surface area (Å²) in [5.41, 5.74) is 0.450. The molecule has 1 amide bonds. The quantitative estimate of drug-likeness (QED) is 0.686. The van der Waals surface area contributed by atoms with E-state index in [-0.39, 0.29) is 11.1 Å². The van der Waals surface area contributed by atoms with Crippen molar-refractivity contribution >= 4 is 22.2 Å². The first-order chi connectivity index (χ1) is 13.0. The molecule has 1 aliphatic rings. The van der Waals surface area contributed by atoms with Gasteiger partial charge in [-0.3, -0.25) is 18.9 Å². The molecule has 9 heteroatoms. The minimum Gasteiger partial charge on any atom is -0.336 e. The van der Waals surface area contributed by atoms with Crippen LogP contribution in [0.4, 0.5) is 8.78 Å². The van der Waals surface area contributed by atoms with Crippen LogP contribution >= 0.6 is 11.3 Å². The molecule has 2 aromatic heterocycles. The molecule has 140 valence electrons. The molecule has 1 aliphatic heterocycles. The summed E-state index contributed by atoms with van der Waals surface area (Å²) in [4.78, 5) is 33.3. The Hall–Kier alpha value is -2.65. The van der Waals surface area contributed by atoms with E-state index in [0.717, 1.165) is 6.07 Å². The monoisotopic (exact) mass is 390 g/mol. The first kappa shape index (κ1) is 17.7. The standard InChI is InChI=1S/C18H16F2N4O2S/c19-12-1-2-14(15(20)9-12)17(26)23-5-3-22(4-6-23)11-13-10-16(25)24-7-8-27-18(24)21-13/h1-2,7-10H,3-6,11H2. The van der Waals surface area contributed by atoms with Gasteiger partial charge in [-0.15, -0.1) is 11.3 Å². The van der Waals surface area contributed by atoms with Crippen LogP contribution in [0, 0.1) is 11.6 Å². The van der Waals surface area contributed by atoms with Gasteiger partial charge in [0.05, 0.1) is 11.3 Å². The van der Waals surface area contributed by atoms with Gasteiger partial charge < -0.3 is 4.90 Å². The van der Waals surface area contributed by atoms with Crippen LogP contribution in [0.3, 0.4) is 0 Å². The van der Waals surface area contributed by atoms with Crippen molar-refractivity contribution in [3.05, 3.63) is 69.1 Å². The Morgan fingerprint density at radius 2 is 1.93 bits per heavy atom. The first-order valence-electron chi connectivity index (χ1n) is 8.44. The van der Waals surface area contributed by atoms with Gasteiger partial charge in [-0.1, -0.05) is 0 Å². The van der Waals surface area contributed by atoms with Crippen molar-refractivity contribution in [3.63, 3.8) is 0 Å². The third-order valence-electron chi connectivity index (χ3n) is 4.56.